The van der Waals surface area contributed by atoms with Crippen molar-refractivity contribution in [1.82, 2.24) is 10.2 Å². The molecule has 1 saturated heterocycles. The molecule has 0 radical (unpaired) electrons. The Morgan fingerprint density at radius 1 is 1.27 bits per heavy atom. The Morgan fingerprint density at radius 3 is 2.73 bits per heavy atom. The first-order chi connectivity index (χ1) is 10.7. The summed E-state index contributed by atoms with van der Waals surface area (Å²) >= 11 is 2.85. The van der Waals surface area contributed by atoms with E-state index < -0.39 is 0 Å². The van der Waals surface area contributed by atoms with Gasteiger partial charge in [-0.15, -0.1) is 10.2 Å². The highest BCUT2D eigenvalue weighted by Gasteiger charge is 2.40. The minimum atomic E-state index is -0.211. The number of carbonyl (C=O) groups is 2. The van der Waals surface area contributed by atoms with Crippen LogP contribution in [0.2, 0.25) is 0 Å². The molecular weight excluding hydrogens is 318 g/mol. The van der Waals surface area contributed by atoms with Crippen LogP contribution in [0.25, 0.3) is 0 Å². The molecule has 1 atom stereocenters. The van der Waals surface area contributed by atoms with E-state index in [9.17, 15) is 9.59 Å². The minimum absolute atomic E-state index is 0.150. The van der Waals surface area contributed by atoms with Gasteiger partial charge in [-0.3, -0.25) is 9.59 Å². The number of benzene rings is 1. The normalized spacial score (nSPS) is 18.2. The molecule has 2 aromatic rings. The fourth-order valence-corrected chi connectivity index (χ4v) is 4.11. The van der Waals surface area contributed by atoms with E-state index in [0.717, 1.165) is 10.1 Å². The van der Waals surface area contributed by atoms with E-state index in [1.807, 2.05) is 37.3 Å². The number of aromatic nitrogens is 2. The number of hydrogen-bond acceptors (Lipinski definition) is 6. The van der Waals surface area contributed by atoms with E-state index in [2.05, 4.69) is 10.2 Å². The molecule has 3 rings (SSSR count). The molecular formula is C15H15N3O2S2. The molecule has 2 heterocycles. The zero-order chi connectivity index (χ0) is 15.5. The van der Waals surface area contributed by atoms with Crippen molar-refractivity contribution in [3.63, 3.8) is 0 Å². The van der Waals surface area contributed by atoms with Gasteiger partial charge in [0.1, 0.15) is 0 Å². The second-order valence-corrected chi connectivity index (χ2v) is 7.18. The maximum atomic E-state index is 12.2. The number of rotatable bonds is 5. The molecule has 0 saturated carbocycles. The largest absolute Gasteiger partial charge is 0.274 e. The average Bonchev–Trinajstić information content (AvgIpc) is 3.10. The molecule has 7 heteroatoms. The summed E-state index contributed by atoms with van der Waals surface area (Å²) in [7, 11) is 0. The maximum absolute atomic E-state index is 12.2. The molecule has 114 valence electrons. The van der Waals surface area contributed by atoms with Crippen LogP contribution in [0.15, 0.2) is 34.7 Å². The number of amides is 2. The van der Waals surface area contributed by atoms with Gasteiger partial charge < -0.3 is 0 Å². The van der Waals surface area contributed by atoms with Crippen LogP contribution in [-0.4, -0.2) is 22.0 Å². The lowest BCUT2D eigenvalue weighted by molar-refractivity contribution is -0.122. The smallest absolute Gasteiger partial charge is 0.239 e. The number of hydrogen-bond donors (Lipinski definition) is 0. The van der Waals surface area contributed by atoms with Crippen molar-refractivity contribution in [1.29, 1.82) is 0 Å². The van der Waals surface area contributed by atoms with Gasteiger partial charge in [0.2, 0.25) is 16.9 Å². The van der Waals surface area contributed by atoms with Crippen molar-refractivity contribution in [2.45, 2.75) is 29.9 Å². The SMILES string of the molecule is CCC1CC(=O)N(c2nnc(SCc3ccccc3)s2)C1=O. The molecule has 1 aromatic carbocycles. The summed E-state index contributed by atoms with van der Waals surface area (Å²) in [5.41, 5.74) is 1.20. The molecule has 1 aliphatic rings. The quantitative estimate of drug-likeness (QED) is 0.478. The predicted octanol–water partition coefficient (Wildman–Crippen LogP) is 3.12. The van der Waals surface area contributed by atoms with Crippen LogP contribution in [0.4, 0.5) is 5.13 Å². The average molecular weight is 333 g/mol. The Morgan fingerprint density at radius 2 is 2.05 bits per heavy atom. The summed E-state index contributed by atoms with van der Waals surface area (Å²) in [6.07, 6.45) is 0.955. The molecule has 1 fully saturated rings. The van der Waals surface area contributed by atoms with Gasteiger partial charge in [-0.05, 0) is 12.0 Å². The zero-order valence-corrected chi connectivity index (χ0v) is 13.7. The lowest BCUT2D eigenvalue weighted by Gasteiger charge is -2.09. The molecule has 0 bridgehead atoms. The Kier molecular flexibility index (Phi) is 4.54. The molecule has 1 unspecified atom stereocenters. The van der Waals surface area contributed by atoms with E-state index in [0.29, 0.717) is 11.6 Å². The number of nitrogens with zero attached hydrogens (tertiary/aromatic N) is 3. The number of thioether (sulfide) groups is 1. The van der Waals surface area contributed by atoms with Gasteiger partial charge in [-0.2, -0.15) is 0 Å². The van der Waals surface area contributed by atoms with Crippen LogP contribution < -0.4 is 4.90 Å². The Labute approximate surface area is 136 Å². The van der Waals surface area contributed by atoms with Gasteiger partial charge in [0, 0.05) is 18.1 Å². The van der Waals surface area contributed by atoms with Gasteiger partial charge in [-0.25, -0.2) is 4.90 Å². The second-order valence-electron chi connectivity index (χ2n) is 5.00. The Balaban J connectivity index is 1.69. The van der Waals surface area contributed by atoms with Crippen molar-refractivity contribution < 1.29 is 9.59 Å². The summed E-state index contributed by atoms with van der Waals surface area (Å²) < 4.78 is 0.763. The van der Waals surface area contributed by atoms with Crippen LogP contribution in [0.5, 0.6) is 0 Å². The molecule has 2 amide bonds. The Bertz CT molecular complexity index is 687. The molecule has 1 aliphatic heterocycles. The lowest BCUT2D eigenvalue weighted by Crippen LogP contribution is -2.30. The molecule has 0 N–H and O–H groups in total. The summed E-state index contributed by atoms with van der Waals surface area (Å²) in [4.78, 5) is 25.3. The van der Waals surface area contributed by atoms with Crippen LogP contribution >= 0.6 is 23.1 Å². The summed E-state index contributed by atoms with van der Waals surface area (Å²) in [5, 5.41) is 8.48. The predicted molar refractivity (Wildman–Crippen MR) is 86.8 cm³/mol. The van der Waals surface area contributed by atoms with Crippen LogP contribution in [0.3, 0.4) is 0 Å². The fourth-order valence-electron chi connectivity index (χ4n) is 2.29. The molecule has 22 heavy (non-hydrogen) atoms. The first kappa shape index (κ1) is 15.2. The molecule has 5 nitrogen and oxygen atoms in total. The zero-order valence-electron chi connectivity index (χ0n) is 12.1. The first-order valence-corrected chi connectivity index (χ1v) is 8.86. The topological polar surface area (TPSA) is 63.2 Å². The van der Waals surface area contributed by atoms with Crippen molar-refractivity contribution in [3.8, 4) is 0 Å². The summed E-state index contributed by atoms with van der Waals surface area (Å²) in [5.74, 6) is 0.252. The van der Waals surface area contributed by atoms with Crippen LogP contribution in [0, 0.1) is 5.92 Å². The van der Waals surface area contributed by atoms with Crippen LogP contribution in [-0.2, 0) is 15.3 Å². The molecule has 0 aliphatic carbocycles. The van der Waals surface area contributed by atoms with Gasteiger partial charge >= 0.3 is 0 Å². The minimum Gasteiger partial charge on any atom is -0.274 e. The molecule has 0 spiro atoms. The van der Waals surface area contributed by atoms with Gasteiger partial charge in [0.25, 0.3) is 0 Å². The van der Waals surface area contributed by atoms with Crippen molar-refractivity contribution in [2.75, 3.05) is 4.90 Å². The van der Waals surface area contributed by atoms with Crippen molar-refractivity contribution >= 4 is 40.0 Å². The Hall–Kier alpha value is -1.73. The van der Waals surface area contributed by atoms with Crippen molar-refractivity contribution in [3.05, 3.63) is 35.9 Å². The summed E-state index contributed by atoms with van der Waals surface area (Å²) in [6, 6.07) is 10.1. The summed E-state index contributed by atoms with van der Waals surface area (Å²) in [6.45, 7) is 1.92. The third-order valence-electron chi connectivity index (χ3n) is 3.53. The second kappa shape index (κ2) is 6.58. The highest BCUT2D eigenvalue weighted by atomic mass is 32.2. The standard InChI is InChI=1S/C15H15N3O2S2/c1-2-11-8-12(19)18(13(11)20)14-16-17-15(22-14)21-9-10-6-4-3-5-7-10/h3-7,11H,2,8-9H2,1H3. The van der Waals surface area contributed by atoms with E-state index in [1.165, 1.54) is 21.8 Å². The van der Waals surface area contributed by atoms with Gasteiger partial charge in [-0.1, -0.05) is 60.4 Å². The van der Waals surface area contributed by atoms with E-state index in [1.54, 1.807) is 11.8 Å². The van der Waals surface area contributed by atoms with E-state index >= 15 is 0 Å². The van der Waals surface area contributed by atoms with Gasteiger partial charge in [0.05, 0.1) is 0 Å². The first-order valence-electron chi connectivity index (χ1n) is 7.06. The third-order valence-corrected chi connectivity index (χ3v) is 5.64. The van der Waals surface area contributed by atoms with E-state index in [-0.39, 0.29) is 24.2 Å². The van der Waals surface area contributed by atoms with Gasteiger partial charge in [0.15, 0.2) is 4.34 Å². The molecule has 1 aromatic heterocycles. The van der Waals surface area contributed by atoms with Crippen molar-refractivity contribution in [2.24, 2.45) is 5.92 Å². The fraction of sp³-hybridized carbons (Fsp3) is 0.333. The highest BCUT2D eigenvalue weighted by molar-refractivity contribution is 8.00. The van der Waals surface area contributed by atoms with E-state index in [4.69, 9.17) is 0 Å². The number of imide groups is 1. The monoisotopic (exact) mass is 333 g/mol. The highest BCUT2D eigenvalue weighted by Crippen LogP contribution is 2.34. The third kappa shape index (κ3) is 3.05. The lowest BCUT2D eigenvalue weighted by atomic mass is 10.1. The maximum Gasteiger partial charge on any atom is 0.239 e. The van der Waals surface area contributed by atoms with Crippen LogP contribution in [0.1, 0.15) is 25.3 Å². The number of carbonyl (C=O) groups excluding carboxylic acids is 2. The number of anilines is 1.